The summed E-state index contributed by atoms with van der Waals surface area (Å²) < 4.78 is 21.6. The normalized spacial score (nSPS) is 16.3. The molecule has 0 radical (unpaired) electrons. The maximum absolute atomic E-state index is 13.5. The van der Waals surface area contributed by atoms with E-state index in [1.807, 2.05) is 4.57 Å². The van der Waals surface area contributed by atoms with E-state index in [1.54, 1.807) is 6.07 Å². The van der Waals surface area contributed by atoms with Crippen LogP contribution in [0.3, 0.4) is 0 Å². The molecular formula is C14H17BrFN3O. The zero-order valence-electron chi connectivity index (χ0n) is 11.1. The molecule has 20 heavy (non-hydrogen) atoms. The number of rotatable bonds is 4. The van der Waals surface area contributed by atoms with Crippen LogP contribution in [0.5, 0.6) is 0 Å². The van der Waals surface area contributed by atoms with Gasteiger partial charge in [0.05, 0.1) is 28.2 Å². The molecule has 1 heterocycles. The van der Waals surface area contributed by atoms with Gasteiger partial charge in [0.15, 0.2) is 0 Å². The van der Waals surface area contributed by atoms with Crippen molar-refractivity contribution >= 4 is 32.9 Å². The highest BCUT2D eigenvalue weighted by Gasteiger charge is 2.16. The number of anilines is 1. The van der Waals surface area contributed by atoms with Gasteiger partial charge in [0.1, 0.15) is 5.82 Å². The summed E-state index contributed by atoms with van der Waals surface area (Å²) in [7, 11) is 0. The van der Waals surface area contributed by atoms with Crippen LogP contribution in [0.1, 0.15) is 25.7 Å². The van der Waals surface area contributed by atoms with E-state index in [-0.39, 0.29) is 5.82 Å². The Kier molecular flexibility index (Phi) is 3.94. The summed E-state index contributed by atoms with van der Waals surface area (Å²) in [4.78, 5) is 4.19. The van der Waals surface area contributed by atoms with Crippen LogP contribution in [0.2, 0.25) is 0 Å². The van der Waals surface area contributed by atoms with Crippen molar-refractivity contribution in [2.75, 3.05) is 12.3 Å². The van der Waals surface area contributed by atoms with Gasteiger partial charge in [-0.1, -0.05) is 12.8 Å². The number of ether oxygens (including phenoxy) is 1. The van der Waals surface area contributed by atoms with Crippen molar-refractivity contribution < 1.29 is 9.13 Å². The fraction of sp³-hybridized carbons (Fsp3) is 0.500. The molecular weight excluding hydrogens is 325 g/mol. The van der Waals surface area contributed by atoms with E-state index in [0.717, 1.165) is 18.4 Å². The monoisotopic (exact) mass is 341 g/mol. The largest absolute Gasteiger partial charge is 0.376 e. The van der Waals surface area contributed by atoms with E-state index in [9.17, 15) is 4.39 Å². The maximum atomic E-state index is 13.5. The molecule has 4 nitrogen and oxygen atoms in total. The second-order valence-electron chi connectivity index (χ2n) is 5.15. The first-order valence-corrected chi connectivity index (χ1v) is 7.67. The lowest BCUT2D eigenvalue weighted by molar-refractivity contribution is 0.0537. The Morgan fingerprint density at radius 1 is 1.40 bits per heavy atom. The van der Waals surface area contributed by atoms with E-state index < -0.39 is 0 Å². The van der Waals surface area contributed by atoms with E-state index in [2.05, 4.69) is 20.9 Å². The highest BCUT2D eigenvalue weighted by molar-refractivity contribution is 9.10. The smallest absolute Gasteiger partial charge is 0.201 e. The molecule has 1 aliphatic rings. The molecule has 0 amide bonds. The van der Waals surface area contributed by atoms with Gasteiger partial charge in [-0.15, -0.1) is 0 Å². The molecule has 0 bridgehead atoms. The number of nitrogen functional groups attached to an aromatic ring is 1. The quantitative estimate of drug-likeness (QED) is 0.926. The molecule has 3 rings (SSSR count). The third-order valence-electron chi connectivity index (χ3n) is 3.79. The summed E-state index contributed by atoms with van der Waals surface area (Å²) in [6, 6.07) is 3.10. The first-order chi connectivity index (χ1) is 9.65. The molecule has 0 spiro atoms. The van der Waals surface area contributed by atoms with E-state index in [0.29, 0.717) is 35.2 Å². The first kappa shape index (κ1) is 13.8. The average Bonchev–Trinajstić information content (AvgIpc) is 3.01. The maximum Gasteiger partial charge on any atom is 0.201 e. The summed E-state index contributed by atoms with van der Waals surface area (Å²) in [6.45, 7) is 1.24. The Morgan fingerprint density at radius 2 is 2.15 bits per heavy atom. The predicted octanol–water partition coefficient (Wildman–Crippen LogP) is 3.48. The van der Waals surface area contributed by atoms with Crippen LogP contribution < -0.4 is 5.73 Å². The van der Waals surface area contributed by atoms with Gasteiger partial charge in [-0.25, -0.2) is 9.37 Å². The number of nitrogens with zero attached hydrogens (tertiary/aromatic N) is 2. The van der Waals surface area contributed by atoms with Gasteiger partial charge in [-0.05, 0) is 34.8 Å². The fourth-order valence-electron chi connectivity index (χ4n) is 2.74. The van der Waals surface area contributed by atoms with Crippen molar-refractivity contribution in [1.82, 2.24) is 9.55 Å². The van der Waals surface area contributed by atoms with Gasteiger partial charge in [0, 0.05) is 12.6 Å². The van der Waals surface area contributed by atoms with Crippen LogP contribution >= 0.6 is 15.9 Å². The number of halogens is 2. The second-order valence-corrected chi connectivity index (χ2v) is 6.01. The van der Waals surface area contributed by atoms with Gasteiger partial charge >= 0.3 is 0 Å². The van der Waals surface area contributed by atoms with Crippen molar-refractivity contribution in [3.63, 3.8) is 0 Å². The molecule has 1 fully saturated rings. The van der Waals surface area contributed by atoms with Crippen molar-refractivity contribution in [3.8, 4) is 0 Å². The lowest BCUT2D eigenvalue weighted by atomic mass is 10.3. The van der Waals surface area contributed by atoms with Crippen LogP contribution in [0.4, 0.5) is 10.3 Å². The molecule has 0 aliphatic heterocycles. The van der Waals surface area contributed by atoms with Gasteiger partial charge in [-0.3, -0.25) is 0 Å². The molecule has 108 valence electrons. The molecule has 1 aromatic heterocycles. The number of fused-ring (bicyclic) bond motifs is 1. The number of aromatic nitrogens is 2. The Labute approximate surface area is 125 Å². The Balaban J connectivity index is 1.76. The van der Waals surface area contributed by atoms with E-state index in [4.69, 9.17) is 10.5 Å². The highest BCUT2D eigenvalue weighted by Crippen LogP contribution is 2.25. The third kappa shape index (κ3) is 2.67. The number of nitrogens with two attached hydrogens (primary N) is 1. The lowest BCUT2D eigenvalue weighted by Gasteiger charge is -2.12. The number of benzene rings is 1. The minimum atomic E-state index is -0.329. The van der Waals surface area contributed by atoms with Crippen molar-refractivity contribution in [1.29, 1.82) is 0 Å². The Morgan fingerprint density at radius 3 is 2.90 bits per heavy atom. The number of hydrogen-bond acceptors (Lipinski definition) is 3. The summed E-state index contributed by atoms with van der Waals surface area (Å²) in [5, 5.41) is 0. The zero-order valence-corrected chi connectivity index (χ0v) is 12.7. The van der Waals surface area contributed by atoms with Gasteiger partial charge < -0.3 is 15.0 Å². The lowest BCUT2D eigenvalue weighted by Crippen LogP contribution is -2.14. The standard InChI is InChI=1S/C14H17BrFN3O/c15-10-7-13-12(8-11(10)16)18-14(17)19(13)5-6-20-9-3-1-2-4-9/h7-9H,1-6H2,(H2,17,18). The summed E-state index contributed by atoms with van der Waals surface area (Å²) in [5.74, 6) is 0.0666. The van der Waals surface area contributed by atoms with Crippen molar-refractivity contribution in [2.45, 2.75) is 38.3 Å². The summed E-state index contributed by atoms with van der Waals surface area (Å²) in [6.07, 6.45) is 5.20. The van der Waals surface area contributed by atoms with Gasteiger partial charge in [-0.2, -0.15) is 0 Å². The molecule has 0 saturated heterocycles. The highest BCUT2D eigenvalue weighted by atomic mass is 79.9. The number of imidazole rings is 1. The van der Waals surface area contributed by atoms with Crippen molar-refractivity contribution in [2.24, 2.45) is 0 Å². The Hall–Kier alpha value is -1.14. The topological polar surface area (TPSA) is 53.1 Å². The van der Waals surface area contributed by atoms with Crippen molar-refractivity contribution in [3.05, 3.63) is 22.4 Å². The van der Waals surface area contributed by atoms with Crippen LogP contribution in [0.15, 0.2) is 16.6 Å². The SMILES string of the molecule is Nc1nc2cc(F)c(Br)cc2n1CCOC1CCCC1. The minimum Gasteiger partial charge on any atom is -0.376 e. The molecule has 1 aliphatic carbocycles. The molecule has 1 aromatic carbocycles. The number of hydrogen-bond donors (Lipinski definition) is 1. The second kappa shape index (κ2) is 5.69. The molecule has 0 unspecified atom stereocenters. The van der Waals surface area contributed by atoms with E-state index in [1.165, 1.54) is 18.9 Å². The summed E-state index contributed by atoms with van der Waals surface area (Å²) in [5.41, 5.74) is 7.30. The third-order valence-corrected chi connectivity index (χ3v) is 4.40. The summed E-state index contributed by atoms with van der Waals surface area (Å²) >= 11 is 3.19. The minimum absolute atomic E-state index is 0.329. The van der Waals surface area contributed by atoms with Crippen LogP contribution in [-0.4, -0.2) is 22.3 Å². The van der Waals surface area contributed by atoms with Crippen LogP contribution in [-0.2, 0) is 11.3 Å². The first-order valence-electron chi connectivity index (χ1n) is 6.87. The zero-order chi connectivity index (χ0) is 14.1. The van der Waals surface area contributed by atoms with E-state index >= 15 is 0 Å². The predicted molar refractivity (Wildman–Crippen MR) is 80.0 cm³/mol. The van der Waals surface area contributed by atoms with Gasteiger partial charge in [0.2, 0.25) is 5.95 Å². The molecule has 2 N–H and O–H groups in total. The van der Waals surface area contributed by atoms with Gasteiger partial charge in [0.25, 0.3) is 0 Å². The molecule has 6 heteroatoms. The van der Waals surface area contributed by atoms with Crippen LogP contribution in [0.25, 0.3) is 11.0 Å². The molecule has 2 aromatic rings. The molecule has 0 atom stereocenters. The van der Waals surface area contributed by atoms with Crippen LogP contribution in [0, 0.1) is 5.82 Å². The average molecular weight is 342 g/mol. The fourth-order valence-corrected chi connectivity index (χ4v) is 3.07. The Bertz CT molecular complexity index is 622. The molecule has 1 saturated carbocycles.